The molecule has 2 aliphatic heterocycles. The number of benzene rings is 1. The zero-order valence-corrected chi connectivity index (χ0v) is 23.5. The Labute approximate surface area is 221 Å². The smallest absolute Gasteiger partial charge is 0.141 e. The van der Waals surface area contributed by atoms with E-state index in [4.69, 9.17) is 19.0 Å². The van der Waals surface area contributed by atoms with Gasteiger partial charge in [0.05, 0.1) is 32.1 Å². The maximum atomic E-state index is 5.59. The molecule has 0 bridgehead atoms. The van der Waals surface area contributed by atoms with E-state index in [1.54, 1.807) is 7.11 Å². The van der Waals surface area contributed by atoms with E-state index in [1.807, 2.05) is 13.8 Å². The Hall–Kier alpha value is -2.90. The van der Waals surface area contributed by atoms with E-state index in [2.05, 4.69) is 73.0 Å². The van der Waals surface area contributed by atoms with Crippen molar-refractivity contribution in [3.05, 3.63) is 64.2 Å². The van der Waals surface area contributed by atoms with Crippen LogP contribution in [-0.4, -0.2) is 72.8 Å². The molecule has 4 rings (SSSR count). The first-order valence-corrected chi connectivity index (χ1v) is 13.4. The van der Waals surface area contributed by atoms with Gasteiger partial charge in [-0.25, -0.2) is 0 Å². The van der Waals surface area contributed by atoms with Gasteiger partial charge in [0, 0.05) is 43.4 Å². The molecule has 0 N–H and O–H groups in total. The van der Waals surface area contributed by atoms with Crippen LogP contribution in [0.1, 0.15) is 55.3 Å². The van der Waals surface area contributed by atoms with E-state index < -0.39 is 0 Å². The third-order valence-electron chi connectivity index (χ3n) is 7.54. The van der Waals surface area contributed by atoms with Crippen LogP contribution in [0.5, 0.6) is 5.75 Å². The second-order valence-electron chi connectivity index (χ2n) is 10.3. The quantitative estimate of drug-likeness (QED) is 0.457. The fourth-order valence-electron chi connectivity index (χ4n) is 5.46. The molecule has 1 aromatic heterocycles. The summed E-state index contributed by atoms with van der Waals surface area (Å²) >= 11 is 0. The first-order chi connectivity index (χ1) is 17.8. The highest BCUT2D eigenvalue weighted by Crippen LogP contribution is 2.28. The second kappa shape index (κ2) is 12.1. The molecule has 0 amide bonds. The lowest BCUT2D eigenvalue weighted by Gasteiger charge is -2.36. The zero-order valence-electron chi connectivity index (χ0n) is 23.5. The highest BCUT2D eigenvalue weighted by Gasteiger charge is 2.30. The molecule has 37 heavy (non-hydrogen) atoms. The largest absolute Gasteiger partial charge is 0.496 e. The molecule has 1 aromatic carbocycles. The summed E-state index contributed by atoms with van der Waals surface area (Å²) in [6.45, 7) is 17.2. The first kappa shape index (κ1) is 27.1. The van der Waals surface area contributed by atoms with Crippen LogP contribution in [0.3, 0.4) is 0 Å². The molecule has 0 unspecified atom stereocenters. The average Bonchev–Trinajstić information content (AvgIpc) is 3.38. The van der Waals surface area contributed by atoms with Gasteiger partial charge >= 0.3 is 0 Å². The van der Waals surface area contributed by atoms with Crippen LogP contribution >= 0.6 is 0 Å². The van der Waals surface area contributed by atoms with Gasteiger partial charge in [0.15, 0.2) is 0 Å². The molecule has 1 fully saturated rings. The van der Waals surface area contributed by atoms with E-state index in [0.717, 1.165) is 79.9 Å². The number of rotatable bonds is 9. The zero-order chi connectivity index (χ0) is 26.5. The summed E-state index contributed by atoms with van der Waals surface area (Å²) in [6.07, 6.45) is 6.28. The molecule has 2 aromatic rings. The van der Waals surface area contributed by atoms with Gasteiger partial charge in [0.25, 0.3) is 0 Å². The monoisotopic (exact) mass is 506 g/mol. The van der Waals surface area contributed by atoms with Crippen molar-refractivity contribution >= 4 is 11.4 Å². The summed E-state index contributed by atoms with van der Waals surface area (Å²) in [5.74, 6) is 2.95. The Morgan fingerprint density at radius 1 is 1.19 bits per heavy atom. The number of aryl methyl sites for hydroxylation is 4. The summed E-state index contributed by atoms with van der Waals surface area (Å²) in [5, 5.41) is 4.13. The fraction of sp³-hybridized carbons (Fsp3) is 0.533. The molecule has 0 saturated carbocycles. The van der Waals surface area contributed by atoms with Crippen molar-refractivity contribution in [2.75, 3.05) is 40.0 Å². The lowest BCUT2D eigenvalue weighted by Crippen LogP contribution is -2.47. The Kier molecular flexibility index (Phi) is 8.87. The third kappa shape index (κ3) is 6.33. The Bertz CT molecular complexity index is 1150. The summed E-state index contributed by atoms with van der Waals surface area (Å²) in [6, 6.07) is 6.97. The molecule has 0 spiro atoms. The average molecular weight is 507 g/mol. The van der Waals surface area contributed by atoms with Gasteiger partial charge in [-0.1, -0.05) is 23.4 Å². The van der Waals surface area contributed by atoms with Gasteiger partial charge in [0.2, 0.25) is 0 Å². The highest BCUT2D eigenvalue weighted by molar-refractivity contribution is 5.87. The molecule has 2 aliphatic rings. The number of methoxy groups -OCH3 is 1. The van der Waals surface area contributed by atoms with E-state index in [9.17, 15) is 0 Å². The minimum Gasteiger partial charge on any atom is -0.496 e. The number of nitrogens with zero attached hydrogens (tertiary/aromatic N) is 4. The molecule has 0 radical (unpaired) electrons. The van der Waals surface area contributed by atoms with E-state index in [1.165, 1.54) is 16.8 Å². The predicted molar refractivity (Wildman–Crippen MR) is 149 cm³/mol. The number of aromatic nitrogens is 1. The Morgan fingerprint density at radius 2 is 1.95 bits per heavy atom. The van der Waals surface area contributed by atoms with Crippen LogP contribution in [0.2, 0.25) is 0 Å². The number of ether oxygens (including phenoxy) is 2. The number of allylic oxidation sites excluding steroid dienone is 3. The minimum atomic E-state index is 0.109. The van der Waals surface area contributed by atoms with Crippen molar-refractivity contribution < 1.29 is 14.0 Å². The molecular weight excluding hydrogens is 464 g/mol. The van der Waals surface area contributed by atoms with Gasteiger partial charge in [0.1, 0.15) is 17.3 Å². The summed E-state index contributed by atoms with van der Waals surface area (Å²) in [5.41, 5.74) is 6.88. The number of aliphatic imine (C=N–C) groups is 1. The van der Waals surface area contributed by atoms with Crippen molar-refractivity contribution in [2.45, 2.75) is 66.5 Å². The summed E-state index contributed by atoms with van der Waals surface area (Å²) < 4.78 is 16.4. The van der Waals surface area contributed by atoms with Crippen molar-refractivity contribution in [1.29, 1.82) is 0 Å². The molecule has 3 heterocycles. The predicted octanol–water partition coefficient (Wildman–Crippen LogP) is 5.35. The van der Waals surface area contributed by atoms with E-state index >= 15 is 0 Å². The second-order valence-corrected chi connectivity index (χ2v) is 10.3. The number of amidine groups is 1. The van der Waals surface area contributed by atoms with Gasteiger partial charge in [-0.3, -0.25) is 9.89 Å². The third-order valence-corrected chi connectivity index (χ3v) is 7.54. The molecular formula is C30H42N4O3. The minimum absolute atomic E-state index is 0.109. The van der Waals surface area contributed by atoms with Crippen LogP contribution in [0.25, 0.3) is 5.57 Å². The number of morpholine rings is 1. The van der Waals surface area contributed by atoms with Gasteiger partial charge < -0.3 is 18.9 Å². The maximum absolute atomic E-state index is 5.59. The fourth-order valence-corrected chi connectivity index (χ4v) is 5.46. The van der Waals surface area contributed by atoms with Crippen molar-refractivity contribution in [3.63, 3.8) is 0 Å². The van der Waals surface area contributed by atoms with Crippen molar-refractivity contribution in [3.8, 4) is 5.75 Å². The van der Waals surface area contributed by atoms with Crippen LogP contribution in [0.4, 0.5) is 0 Å². The lowest BCUT2D eigenvalue weighted by atomic mass is 10.0. The SMILES string of the molecule is COc1ccc(CCC2=N[C@@H](C)/C(=C\C=C(/C)c3c(C)noc3C)N2C[C@H](C)N2CCOCC2)cc1C. The van der Waals surface area contributed by atoms with E-state index in [0.29, 0.717) is 6.04 Å². The molecule has 0 aliphatic carbocycles. The molecule has 1 saturated heterocycles. The van der Waals surface area contributed by atoms with Crippen LogP contribution in [-0.2, 0) is 11.2 Å². The van der Waals surface area contributed by atoms with Gasteiger partial charge in [-0.2, -0.15) is 0 Å². The maximum Gasteiger partial charge on any atom is 0.141 e. The first-order valence-electron chi connectivity index (χ1n) is 13.4. The van der Waals surface area contributed by atoms with Gasteiger partial charge in [-0.15, -0.1) is 0 Å². The van der Waals surface area contributed by atoms with Crippen LogP contribution in [0, 0.1) is 20.8 Å². The van der Waals surface area contributed by atoms with Crippen molar-refractivity contribution in [1.82, 2.24) is 15.0 Å². The number of hydrogen-bond acceptors (Lipinski definition) is 7. The topological polar surface area (TPSA) is 63.3 Å². The van der Waals surface area contributed by atoms with Gasteiger partial charge in [-0.05, 0) is 76.8 Å². The lowest BCUT2D eigenvalue weighted by molar-refractivity contribution is 0.0175. The molecule has 2 atom stereocenters. The van der Waals surface area contributed by atoms with Crippen LogP contribution < -0.4 is 4.74 Å². The summed E-state index contributed by atoms with van der Waals surface area (Å²) in [4.78, 5) is 10.1. The molecule has 7 nitrogen and oxygen atoms in total. The Morgan fingerprint density at radius 3 is 2.59 bits per heavy atom. The molecule has 7 heteroatoms. The van der Waals surface area contributed by atoms with Crippen molar-refractivity contribution in [2.24, 2.45) is 4.99 Å². The molecule has 200 valence electrons. The Balaban J connectivity index is 1.56. The normalized spacial score (nSPS) is 21.0. The standard InChI is InChI=1S/C30H42N4O3/c1-20(30-24(5)32-37-25(30)6)8-11-27-23(4)31-29(13-10-26-9-12-28(35-7)21(2)18-26)34(27)19-22(3)33-14-16-36-17-15-33/h8-9,11-12,18,22-23H,10,13-17,19H2,1-7H3/b20-8+,27-11+/t22-,23-/m0/s1. The number of hydrogen-bond donors (Lipinski definition) is 0. The highest BCUT2D eigenvalue weighted by atomic mass is 16.5. The summed E-state index contributed by atoms with van der Waals surface area (Å²) in [7, 11) is 1.72. The van der Waals surface area contributed by atoms with E-state index in [-0.39, 0.29) is 6.04 Å². The van der Waals surface area contributed by atoms with Crippen LogP contribution in [0.15, 0.2) is 45.6 Å².